The van der Waals surface area contributed by atoms with E-state index >= 15 is 0 Å². The summed E-state index contributed by atoms with van der Waals surface area (Å²) < 4.78 is 29.1. The van der Waals surface area contributed by atoms with Crippen LogP contribution in [0.3, 0.4) is 0 Å². The molecule has 0 aromatic heterocycles. The van der Waals surface area contributed by atoms with E-state index in [1.807, 2.05) is 26.0 Å². The molecule has 2 aromatic rings. The summed E-state index contributed by atoms with van der Waals surface area (Å²) >= 11 is 0. The molecule has 0 unspecified atom stereocenters. The topological polar surface area (TPSA) is 72.5 Å². The van der Waals surface area contributed by atoms with Crippen LogP contribution in [0.1, 0.15) is 24.5 Å². The summed E-state index contributed by atoms with van der Waals surface area (Å²) in [6, 6.07) is 12.1. The molecular formula is C19H23NO4S. The van der Waals surface area contributed by atoms with Crippen molar-refractivity contribution >= 4 is 21.4 Å². The largest absolute Gasteiger partial charge is 0.493 e. The van der Waals surface area contributed by atoms with Crippen LogP contribution in [-0.4, -0.2) is 26.7 Å². The molecule has 2 rings (SSSR count). The van der Waals surface area contributed by atoms with Crippen LogP contribution >= 0.6 is 0 Å². The molecule has 134 valence electrons. The van der Waals surface area contributed by atoms with Gasteiger partial charge >= 0.3 is 0 Å². The van der Waals surface area contributed by atoms with Crippen molar-refractivity contribution in [2.75, 3.05) is 17.7 Å². The molecule has 0 atom stereocenters. The van der Waals surface area contributed by atoms with Gasteiger partial charge in [-0.15, -0.1) is 0 Å². The predicted molar refractivity (Wildman–Crippen MR) is 98.8 cm³/mol. The van der Waals surface area contributed by atoms with Gasteiger partial charge in [0.05, 0.1) is 23.7 Å². The summed E-state index contributed by atoms with van der Waals surface area (Å²) in [5, 5.41) is 2.73. The van der Waals surface area contributed by atoms with Crippen molar-refractivity contribution in [1.29, 1.82) is 0 Å². The number of amides is 1. The van der Waals surface area contributed by atoms with Gasteiger partial charge in [0.15, 0.2) is 9.84 Å². The zero-order valence-electron chi connectivity index (χ0n) is 14.7. The number of rotatable bonds is 7. The highest BCUT2D eigenvalue weighted by molar-refractivity contribution is 7.91. The van der Waals surface area contributed by atoms with E-state index in [0.717, 1.165) is 16.9 Å². The Hall–Kier alpha value is -2.34. The fraction of sp³-hybridized carbons (Fsp3) is 0.316. The Morgan fingerprint density at radius 3 is 2.20 bits per heavy atom. The van der Waals surface area contributed by atoms with E-state index in [1.54, 1.807) is 19.1 Å². The number of anilines is 1. The Balaban J connectivity index is 1.86. The lowest BCUT2D eigenvalue weighted by Crippen LogP contribution is -2.15. The van der Waals surface area contributed by atoms with Crippen molar-refractivity contribution in [2.24, 2.45) is 0 Å². The highest BCUT2D eigenvalue weighted by Gasteiger charge is 2.11. The van der Waals surface area contributed by atoms with E-state index in [4.69, 9.17) is 4.74 Å². The molecule has 6 heteroatoms. The number of hydrogen-bond donors (Lipinski definition) is 1. The zero-order chi connectivity index (χ0) is 18.4. The van der Waals surface area contributed by atoms with E-state index in [1.165, 1.54) is 12.1 Å². The minimum absolute atomic E-state index is 0.0501. The van der Waals surface area contributed by atoms with Crippen LogP contribution in [0.4, 0.5) is 5.69 Å². The summed E-state index contributed by atoms with van der Waals surface area (Å²) in [5.74, 6) is 0.615. The molecule has 0 saturated heterocycles. The number of hydrogen-bond acceptors (Lipinski definition) is 4. The standard InChI is InChI=1S/C19H23NO4S/c1-4-25(22,23)18-7-5-16(6-8-18)20-19(21)9-10-24-17-12-14(2)11-15(3)13-17/h5-8,11-13H,4,9-10H2,1-3H3,(H,20,21). The first-order valence-corrected chi connectivity index (χ1v) is 9.79. The van der Waals surface area contributed by atoms with Crippen molar-refractivity contribution in [1.82, 2.24) is 0 Å². The molecule has 0 heterocycles. The van der Waals surface area contributed by atoms with Crippen molar-refractivity contribution in [3.63, 3.8) is 0 Å². The molecule has 0 spiro atoms. The first kappa shape index (κ1) is 19.0. The normalized spacial score (nSPS) is 11.2. The highest BCUT2D eigenvalue weighted by Crippen LogP contribution is 2.17. The molecule has 0 aliphatic carbocycles. The quantitative estimate of drug-likeness (QED) is 0.819. The molecule has 0 aliphatic rings. The van der Waals surface area contributed by atoms with Gasteiger partial charge in [-0.25, -0.2) is 8.42 Å². The molecule has 2 aromatic carbocycles. The number of aryl methyl sites for hydroxylation is 2. The number of benzene rings is 2. The number of ether oxygens (including phenoxy) is 1. The lowest BCUT2D eigenvalue weighted by molar-refractivity contribution is -0.116. The second kappa shape index (κ2) is 8.16. The second-order valence-electron chi connectivity index (χ2n) is 5.90. The van der Waals surface area contributed by atoms with E-state index < -0.39 is 9.84 Å². The molecular weight excluding hydrogens is 338 g/mol. The number of nitrogens with one attached hydrogen (secondary N) is 1. The lowest BCUT2D eigenvalue weighted by Gasteiger charge is -2.09. The third kappa shape index (κ3) is 5.60. The summed E-state index contributed by atoms with van der Waals surface area (Å²) in [4.78, 5) is 12.2. The van der Waals surface area contributed by atoms with Gasteiger partial charge < -0.3 is 10.1 Å². The van der Waals surface area contributed by atoms with Gasteiger partial charge in [-0.05, 0) is 61.4 Å². The predicted octanol–water partition coefficient (Wildman–Crippen LogP) is 3.50. The Kier molecular flexibility index (Phi) is 6.20. The average Bonchev–Trinajstić information content (AvgIpc) is 2.54. The van der Waals surface area contributed by atoms with E-state index in [-0.39, 0.29) is 29.6 Å². The Labute approximate surface area is 148 Å². The summed E-state index contributed by atoms with van der Waals surface area (Å²) in [6.07, 6.45) is 0.210. The fourth-order valence-corrected chi connectivity index (χ4v) is 3.30. The Morgan fingerprint density at radius 2 is 1.64 bits per heavy atom. The van der Waals surface area contributed by atoms with Crippen molar-refractivity contribution in [3.05, 3.63) is 53.6 Å². The monoisotopic (exact) mass is 361 g/mol. The smallest absolute Gasteiger partial charge is 0.227 e. The van der Waals surface area contributed by atoms with Crippen LogP contribution in [0.5, 0.6) is 5.75 Å². The second-order valence-corrected chi connectivity index (χ2v) is 8.18. The minimum atomic E-state index is -3.23. The van der Waals surface area contributed by atoms with E-state index in [2.05, 4.69) is 11.4 Å². The number of carbonyl (C=O) groups is 1. The zero-order valence-corrected chi connectivity index (χ0v) is 15.5. The summed E-state index contributed by atoms with van der Waals surface area (Å²) in [7, 11) is -3.23. The van der Waals surface area contributed by atoms with Gasteiger partial charge in [0, 0.05) is 5.69 Å². The van der Waals surface area contributed by atoms with Crippen LogP contribution in [0.2, 0.25) is 0 Å². The molecule has 5 nitrogen and oxygen atoms in total. The van der Waals surface area contributed by atoms with Gasteiger partial charge in [0.1, 0.15) is 5.75 Å². The lowest BCUT2D eigenvalue weighted by atomic mass is 10.1. The van der Waals surface area contributed by atoms with Crippen LogP contribution < -0.4 is 10.1 Å². The maximum atomic E-state index is 12.0. The summed E-state index contributed by atoms with van der Waals surface area (Å²) in [6.45, 7) is 5.86. The van der Waals surface area contributed by atoms with E-state index in [0.29, 0.717) is 5.69 Å². The van der Waals surface area contributed by atoms with Gasteiger partial charge in [-0.1, -0.05) is 13.0 Å². The van der Waals surface area contributed by atoms with Gasteiger partial charge in [0.2, 0.25) is 5.91 Å². The molecule has 0 fully saturated rings. The van der Waals surface area contributed by atoms with Gasteiger partial charge in [-0.3, -0.25) is 4.79 Å². The number of carbonyl (C=O) groups excluding carboxylic acids is 1. The molecule has 0 radical (unpaired) electrons. The van der Waals surface area contributed by atoms with Gasteiger partial charge in [0.25, 0.3) is 0 Å². The molecule has 0 bridgehead atoms. The Bertz CT molecular complexity index is 822. The maximum absolute atomic E-state index is 12.0. The first-order valence-electron chi connectivity index (χ1n) is 8.14. The van der Waals surface area contributed by atoms with Crippen LogP contribution in [0.25, 0.3) is 0 Å². The molecule has 0 saturated carbocycles. The van der Waals surface area contributed by atoms with Crippen molar-refractivity contribution in [2.45, 2.75) is 32.1 Å². The van der Waals surface area contributed by atoms with Crippen molar-refractivity contribution < 1.29 is 17.9 Å². The molecule has 1 amide bonds. The molecule has 25 heavy (non-hydrogen) atoms. The number of sulfone groups is 1. The van der Waals surface area contributed by atoms with E-state index in [9.17, 15) is 13.2 Å². The molecule has 1 N–H and O–H groups in total. The third-order valence-electron chi connectivity index (χ3n) is 3.67. The SMILES string of the molecule is CCS(=O)(=O)c1ccc(NC(=O)CCOc2cc(C)cc(C)c2)cc1. The summed E-state index contributed by atoms with van der Waals surface area (Å²) in [5.41, 5.74) is 2.79. The first-order chi connectivity index (χ1) is 11.8. The van der Waals surface area contributed by atoms with Crippen LogP contribution in [-0.2, 0) is 14.6 Å². The third-order valence-corrected chi connectivity index (χ3v) is 5.42. The molecule has 0 aliphatic heterocycles. The average molecular weight is 361 g/mol. The van der Waals surface area contributed by atoms with Crippen LogP contribution in [0, 0.1) is 13.8 Å². The van der Waals surface area contributed by atoms with Crippen molar-refractivity contribution in [3.8, 4) is 5.75 Å². The maximum Gasteiger partial charge on any atom is 0.227 e. The minimum Gasteiger partial charge on any atom is -0.493 e. The fourth-order valence-electron chi connectivity index (χ4n) is 2.41. The Morgan fingerprint density at radius 1 is 1.04 bits per heavy atom. The van der Waals surface area contributed by atoms with Gasteiger partial charge in [-0.2, -0.15) is 0 Å². The van der Waals surface area contributed by atoms with Crippen LogP contribution in [0.15, 0.2) is 47.4 Å². The highest BCUT2D eigenvalue weighted by atomic mass is 32.2.